The van der Waals surface area contributed by atoms with Crippen molar-refractivity contribution in [3.8, 4) is 0 Å². The van der Waals surface area contributed by atoms with Gasteiger partial charge in [-0.3, -0.25) is 9.79 Å². The van der Waals surface area contributed by atoms with Gasteiger partial charge in [0, 0.05) is 6.54 Å². The number of carbonyl (C=O) groups is 1. The minimum absolute atomic E-state index is 0.0837. The number of amidine groups is 1. The summed E-state index contributed by atoms with van der Waals surface area (Å²) in [5.74, 6) is 0.114. The van der Waals surface area contributed by atoms with Crippen LogP contribution in [0.25, 0.3) is 0 Å². The van der Waals surface area contributed by atoms with Crippen molar-refractivity contribution in [2.75, 3.05) is 6.54 Å². The second-order valence-electron chi connectivity index (χ2n) is 3.04. The van der Waals surface area contributed by atoms with E-state index in [2.05, 4.69) is 17.2 Å². The average Bonchev–Trinajstić information content (AvgIpc) is 2.47. The van der Waals surface area contributed by atoms with Crippen LogP contribution in [-0.4, -0.2) is 22.9 Å². The number of nitrogens with one attached hydrogen (secondary N) is 1. The summed E-state index contributed by atoms with van der Waals surface area (Å²) in [5, 5.41) is 3.68. The molecule has 1 amide bonds. The third kappa shape index (κ3) is 3.03. The molecule has 74 valence electrons. The van der Waals surface area contributed by atoms with Crippen LogP contribution < -0.4 is 5.32 Å². The van der Waals surface area contributed by atoms with Gasteiger partial charge in [-0.1, -0.05) is 32.0 Å². The molecule has 0 aromatic heterocycles. The molecule has 0 aromatic carbocycles. The van der Waals surface area contributed by atoms with Gasteiger partial charge in [0.05, 0.1) is 5.25 Å². The minimum atomic E-state index is 0.0837. The van der Waals surface area contributed by atoms with Crippen molar-refractivity contribution in [2.45, 2.75) is 38.4 Å². The predicted molar refractivity (Wildman–Crippen MR) is 57.0 cm³/mol. The fraction of sp³-hybridized carbons (Fsp3) is 0.778. The number of hydrogen-bond acceptors (Lipinski definition) is 3. The highest BCUT2D eigenvalue weighted by molar-refractivity contribution is 8.15. The van der Waals surface area contributed by atoms with Crippen LogP contribution >= 0.6 is 11.8 Å². The maximum absolute atomic E-state index is 11.2. The SMILES string of the molecule is CCCCN=C1NC(=O)C(CC)S1. The highest BCUT2D eigenvalue weighted by atomic mass is 32.2. The Labute approximate surface area is 83.4 Å². The standard InChI is InChI=1S/C9H16N2OS/c1-3-5-6-10-9-11-8(12)7(4-2)13-9/h7H,3-6H2,1-2H3,(H,10,11,12). The Morgan fingerprint density at radius 1 is 1.54 bits per heavy atom. The molecule has 0 bridgehead atoms. The first-order chi connectivity index (χ1) is 6.27. The molecule has 13 heavy (non-hydrogen) atoms. The molecular formula is C9H16N2OS. The zero-order chi connectivity index (χ0) is 9.68. The van der Waals surface area contributed by atoms with E-state index in [1.54, 1.807) is 11.8 Å². The second kappa shape index (κ2) is 5.27. The number of amides is 1. The molecule has 1 atom stereocenters. The van der Waals surface area contributed by atoms with Crippen LogP contribution in [0, 0.1) is 0 Å². The molecule has 0 spiro atoms. The van der Waals surface area contributed by atoms with Gasteiger partial charge in [0.1, 0.15) is 0 Å². The lowest BCUT2D eigenvalue weighted by molar-refractivity contribution is -0.118. The first-order valence-corrected chi connectivity index (χ1v) is 5.67. The number of nitrogens with zero attached hydrogens (tertiary/aromatic N) is 1. The molecule has 1 aliphatic heterocycles. The number of rotatable bonds is 4. The number of aliphatic imine (C=N–C) groups is 1. The van der Waals surface area contributed by atoms with Crippen molar-refractivity contribution in [3.05, 3.63) is 0 Å². The first kappa shape index (κ1) is 10.6. The number of thioether (sulfide) groups is 1. The fourth-order valence-corrected chi connectivity index (χ4v) is 2.02. The normalized spacial score (nSPS) is 25.2. The van der Waals surface area contributed by atoms with Gasteiger partial charge < -0.3 is 5.32 Å². The van der Waals surface area contributed by atoms with Gasteiger partial charge in [-0.15, -0.1) is 0 Å². The molecule has 1 aliphatic rings. The fourth-order valence-electron chi connectivity index (χ4n) is 1.09. The second-order valence-corrected chi connectivity index (χ2v) is 4.24. The summed E-state index contributed by atoms with van der Waals surface area (Å²) in [5.41, 5.74) is 0. The van der Waals surface area contributed by atoms with Gasteiger partial charge in [0.2, 0.25) is 5.91 Å². The van der Waals surface area contributed by atoms with E-state index in [-0.39, 0.29) is 11.2 Å². The Bertz CT molecular complexity index is 216. The van der Waals surface area contributed by atoms with E-state index in [0.717, 1.165) is 31.0 Å². The van der Waals surface area contributed by atoms with Crippen LogP contribution in [0.2, 0.25) is 0 Å². The van der Waals surface area contributed by atoms with Crippen molar-refractivity contribution < 1.29 is 4.79 Å². The van der Waals surface area contributed by atoms with E-state index in [0.29, 0.717) is 0 Å². The highest BCUT2D eigenvalue weighted by Gasteiger charge is 2.27. The lowest BCUT2D eigenvalue weighted by Crippen LogP contribution is -2.24. The molecule has 0 aliphatic carbocycles. The van der Waals surface area contributed by atoms with E-state index in [1.165, 1.54) is 0 Å². The van der Waals surface area contributed by atoms with E-state index in [1.807, 2.05) is 6.92 Å². The molecule has 0 radical (unpaired) electrons. The predicted octanol–water partition coefficient (Wildman–Crippen LogP) is 1.78. The van der Waals surface area contributed by atoms with Gasteiger partial charge >= 0.3 is 0 Å². The number of hydrogen-bond donors (Lipinski definition) is 1. The summed E-state index contributed by atoms with van der Waals surface area (Å²) < 4.78 is 0. The molecular weight excluding hydrogens is 184 g/mol. The summed E-state index contributed by atoms with van der Waals surface area (Å²) in [6.45, 7) is 4.98. The molecule has 1 unspecified atom stereocenters. The summed E-state index contributed by atoms with van der Waals surface area (Å²) >= 11 is 1.56. The van der Waals surface area contributed by atoms with Crippen LogP contribution in [0.4, 0.5) is 0 Å². The van der Waals surface area contributed by atoms with Crippen LogP contribution in [0.5, 0.6) is 0 Å². The van der Waals surface area contributed by atoms with E-state index < -0.39 is 0 Å². The molecule has 1 heterocycles. The Morgan fingerprint density at radius 2 is 2.31 bits per heavy atom. The summed E-state index contributed by atoms with van der Waals surface area (Å²) in [6, 6.07) is 0. The lowest BCUT2D eigenvalue weighted by Gasteiger charge is -1.96. The maximum Gasteiger partial charge on any atom is 0.239 e. The van der Waals surface area contributed by atoms with Gasteiger partial charge in [-0.05, 0) is 12.8 Å². The topological polar surface area (TPSA) is 41.5 Å². The van der Waals surface area contributed by atoms with Crippen LogP contribution in [0.1, 0.15) is 33.1 Å². The monoisotopic (exact) mass is 200 g/mol. The first-order valence-electron chi connectivity index (χ1n) is 4.79. The summed E-state index contributed by atoms with van der Waals surface area (Å²) in [4.78, 5) is 15.5. The molecule has 0 aromatic rings. The lowest BCUT2D eigenvalue weighted by atomic mass is 10.3. The zero-order valence-electron chi connectivity index (χ0n) is 8.17. The van der Waals surface area contributed by atoms with Crippen molar-refractivity contribution in [3.63, 3.8) is 0 Å². The Kier molecular flexibility index (Phi) is 4.28. The maximum atomic E-state index is 11.2. The quantitative estimate of drug-likeness (QED) is 0.703. The third-order valence-corrected chi connectivity index (χ3v) is 3.20. The molecule has 3 nitrogen and oxygen atoms in total. The van der Waals surface area contributed by atoms with Crippen molar-refractivity contribution >= 4 is 22.8 Å². The molecule has 1 N–H and O–H groups in total. The molecule has 1 rings (SSSR count). The third-order valence-electron chi connectivity index (χ3n) is 1.91. The average molecular weight is 200 g/mol. The molecule has 4 heteroatoms. The highest BCUT2D eigenvalue weighted by Crippen LogP contribution is 2.21. The van der Waals surface area contributed by atoms with Gasteiger partial charge in [0.15, 0.2) is 5.17 Å². The Hall–Kier alpha value is -0.510. The van der Waals surface area contributed by atoms with Crippen LogP contribution in [-0.2, 0) is 4.79 Å². The van der Waals surface area contributed by atoms with Gasteiger partial charge in [-0.25, -0.2) is 0 Å². The largest absolute Gasteiger partial charge is 0.304 e. The van der Waals surface area contributed by atoms with Crippen molar-refractivity contribution in [1.82, 2.24) is 5.32 Å². The molecule has 0 saturated carbocycles. The smallest absolute Gasteiger partial charge is 0.239 e. The minimum Gasteiger partial charge on any atom is -0.304 e. The van der Waals surface area contributed by atoms with Crippen LogP contribution in [0.3, 0.4) is 0 Å². The summed E-state index contributed by atoms with van der Waals surface area (Å²) in [6.07, 6.45) is 3.12. The number of unbranched alkanes of at least 4 members (excludes halogenated alkanes) is 1. The van der Waals surface area contributed by atoms with E-state index >= 15 is 0 Å². The van der Waals surface area contributed by atoms with E-state index in [4.69, 9.17) is 0 Å². The number of carbonyl (C=O) groups excluding carboxylic acids is 1. The Morgan fingerprint density at radius 3 is 2.85 bits per heavy atom. The van der Waals surface area contributed by atoms with Gasteiger partial charge in [-0.2, -0.15) is 0 Å². The summed E-state index contributed by atoms with van der Waals surface area (Å²) in [7, 11) is 0. The van der Waals surface area contributed by atoms with Crippen LogP contribution in [0.15, 0.2) is 4.99 Å². The molecule has 1 fully saturated rings. The van der Waals surface area contributed by atoms with Crippen molar-refractivity contribution in [2.24, 2.45) is 4.99 Å². The zero-order valence-corrected chi connectivity index (χ0v) is 8.99. The van der Waals surface area contributed by atoms with Gasteiger partial charge in [0.25, 0.3) is 0 Å². The molecule has 1 saturated heterocycles. The van der Waals surface area contributed by atoms with E-state index in [9.17, 15) is 4.79 Å². The Balaban J connectivity index is 2.38. The van der Waals surface area contributed by atoms with Crippen molar-refractivity contribution in [1.29, 1.82) is 0 Å².